The van der Waals surface area contributed by atoms with Gasteiger partial charge >= 0.3 is 12.0 Å². The second-order valence-electron chi connectivity index (χ2n) is 5.29. The first-order valence-corrected chi connectivity index (χ1v) is 7.60. The molecular formula is C16H21FN2O4. The van der Waals surface area contributed by atoms with Gasteiger partial charge in [0.2, 0.25) is 0 Å². The monoisotopic (exact) mass is 324 g/mol. The van der Waals surface area contributed by atoms with Gasteiger partial charge < -0.3 is 19.7 Å². The zero-order chi connectivity index (χ0) is 16.8. The third kappa shape index (κ3) is 4.41. The average Bonchev–Trinajstić information content (AvgIpc) is 3.06. The predicted molar refractivity (Wildman–Crippen MR) is 83.0 cm³/mol. The van der Waals surface area contributed by atoms with E-state index in [0.717, 1.165) is 18.9 Å². The molecule has 0 bridgehead atoms. The van der Waals surface area contributed by atoms with E-state index in [-0.39, 0.29) is 17.4 Å². The van der Waals surface area contributed by atoms with Crippen molar-refractivity contribution in [2.75, 3.05) is 32.1 Å². The summed E-state index contributed by atoms with van der Waals surface area (Å²) in [5.74, 6) is -1.20. The van der Waals surface area contributed by atoms with Gasteiger partial charge in [0, 0.05) is 19.7 Å². The summed E-state index contributed by atoms with van der Waals surface area (Å²) in [5.41, 5.74) is 0.120. The van der Waals surface area contributed by atoms with E-state index in [1.54, 1.807) is 4.90 Å². The van der Waals surface area contributed by atoms with Crippen molar-refractivity contribution >= 4 is 17.7 Å². The van der Waals surface area contributed by atoms with E-state index in [0.29, 0.717) is 19.7 Å². The van der Waals surface area contributed by atoms with E-state index >= 15 is 0 Å². The molecule has 1 saturated heterocycles. The molecule has 0 radical (unpaired) electrons. The van der Waals surface area contributed by atoms with Gasteiger partial charge in [0.05, 0.1) is 24.5 Å². The molecule has 1 heterocycles. The topological polar surface area (TPSA) is 67.9 Å². The second kappa shape index (κ2) is 7.92. The van der Waals surface area contributed by atoms with Crippen LogP contribution in [0.5, 0.6) is 0 Å². The minimum absolute atomic E-state index is 0.0203. The Morgan fingerprint density at radius 3 is 2.87 bits per heavy atom. The van der Waals surface area contributed by atoms with Crippen LogP contribution < -0.4 is 5.32 Å². The molecule has 7 heteroatoms. The zero-order valence-electron chi connectivity index (χ0n) is 13.3. The number of anilines is 1. The van der Waals surface area contributed by atoms with Crippen molar-refractivity contribution in [1.29, 1.82) is 0 Å². The maximum atomic E-state index is 13.9. The number of ether oxygens (including phenoxy) is 2. The molecule has 2 rings (SSSR count). The van der Waals surface area contributed by atoms with Gasteiger partial charge in [0.1, 0.15) is 5.82 Å². The van der Waals surface area contributed by atoms with Gasteiger partial charge in [-0.1, -0.05) is 0 Å². The second-order valence-corrected chi connectivity index (χ2v) is 5.29. The van der Waals surface area contributed by atoms with E-state index < -0.39 is 17.8 Å². The van der Waals surface area contributed by atoms with Crippen molar-refractivity contribution in [3.63, 3.8) is 0 Å². The van der Waals surface area contributed by atoms with E-state index in [1.807, 2.05) is 6.92 Å². The molecular weight excluding hydrogens is 303 g/mol. The van der Waals surface area contributed by atoms with Crippen molar-refractivity contribution in [2.24, 2.45) is 0 Å². The number of hydrogen-bond acceptors (Lipinski definition) is 4. The molecule has 0 aliphatic carbocycles. The van der Waals surface area contributed by atoms with E-state index in [2.05, 4.69) is 10.1 Å². The number of rotatable bonds is 5. The number of methoxy groups -OCH3 is 1. The molecule has 1 atom stereocenters. The lowest BCUT2D eigenvalue weighted by Gasteiger charge is -2.24. The highest BCUT2D eigenvalue weighted by Crippen LogP contribution is 2.18. The molecule has 6 nitrogen and oxygen atoms in total. The van der Waals surface area contributed by atoms with Crippen LogP contribution in [-0.2, 0) is 9.47 Å². The van der Waals surface area contributed by atoms with Gasteiger partial charge in [-0.05, 0) is 38.0 Å². The van der Waals surface area contributed by atoms with Crippen molar-refractivity contribution in [1.82, 2.24) is 4.90 Å². The van der Waals surface area contributed by atoms with Crippen molar-refractivity contribution in [3.05, 3.63) is 29.6 Å². The van der Waals surface area contributed by atoms with Crippen LogP contribution in [0.3, 0.4) is 0 Å². The number of benzene rings is 1. The number of halogens is 1. The molecule has 0 unspecified atom stereocenters. The van der Waals surface area contributed by atoms with Gasteiger partial charge in [-0.25, -0.2) is 14.0 Å². The number of hydrogen-bond donors (Lipinski definition) is 1. The first-order valence-electron chi connectivity index (χ1n) is 7.60. The first kappa shape index (κ1) is 17.2. The highest BCUT2D eigenvalue weighted by atomic mass is 19.1. The van der Waals surface area contributed by atoms with Crippen LogP contribution in [0.4, 0.5) is 14.9 Å². The normalized spacial score (nSPS) is 16.9. The fraction of sp³-hybridized carbons (Fsp3) is 0.500. The van der Waals surface area contributed by atoms with Gasteiger partial charge in [0.15, 0.2) is 0 Å². The smallest absolute Gasteiger partial charge is 0.337 e. The third-order valence-electron chi connectivity index (χ3n) is 3.75. The molecule has 1 aromatic carbocycles. The van der Waals surface area contributed by atoms with E-state index in [4.69, 9.17) is 4.74 Å². The summed E-state index contributed by atoms with van der Waals surface area (Å²) in [5, 5.41) is 2.50. The number of carbonyl (C=O) groups excluding carboxylic acids is 2. The Morgan fingerprint density at radius 2 is 2.26 bits per heavy atom. The highest BCUT2D eigenvalue weighted by Gasteiger charge is 2.22. The lowest BCUT2D eigenvalue weighted by molar-refractivity contribution is 0.0600. The van der Waals surface area contributed by atoms with Crippen molar-refractivity contribution < 1.29 is 23.5 Å². The summed E-state index contributed by atoms with van der Waals surface area (Å²) in [6, 6.07) is 3.27. The molecule has 2 amide bonds. The molecule has 0 aromatic heterocycles. The molecule has 1 aromatic rings. The van der Waals surface area contributed by atoms with Crippen LogP contribution >= 0.6 is 0 Å². The van der Waals surface area contributed by atoms with Crippen molar-refractivity contribution in [3.8, 4) is 0 Å². The molecule has 1 N–H and O–H groups in total. The van der Waals surface area contributed by atoms with Gasteiger partial charge in [-0.3, -0.25) is 0 Å². The van der Waals surface area contributed by atoms with Crippen LogP contribution in [0, 0.1) is 5.82 Å². The highest BCUT2D eigenvalue weighted by molar-refractivity contribution is 5.94. The van der Waals surface area contributed by atoms with Crippen LogP contribution in [0.15, 0.2) is 18.2 Å². The number of esters is 1. The molecule has 1 aliphatic heterocycles. The van der Waals surface area contributed by atoms with Crippen LogP contribution in [0.25, 0.3) is 0 Å². The first-order chi connectivity index (χ1) is 11.0. The predicted octanol–water partition coefficient (Wildman–Crippen LogP) is 2.65. The number of likely N-dealkylation sites (N-methyl/N-ethyl adjacent to an activating group) is 1. The standard InChI is InChI=1S/C16H21FN2O4/c1-3-19(10-12-5-4-8-23-12)16(21)18-14-9-11(15(20)22-2)6-7-13(14)17/h6-7,9,12H,3-5,8,10H2,1-2H3,(H,18,21)/t12-/m0/s1. The Bertz CT molecular complexity index is 573. The Labute approximate surface area is 134 Å². The quantitative estimate of drug-likeness (QED) is 0.846. The number of nitrogens with one attached hydrogen (secondary N) is 1. The maximum absolute atomic E-state index is 13.9. The lowest BCUT2D eigenvalue weighted by Crippen LogP contribution is -2.40. The number of nitrogens with zero attached hydrogens (tertiary/aromatic N) is 1. The SMILES string of the molecule is CCN(C[C@@H]1CCCO1)C(=O)Nc1cc(C(=O)OC)ccc1F. The molecule has 0 spiro atoms. The van der Waals surface area contributed by atoms with Crippen LogP contribution in [-0.4, -0.2) is 49.8 Å². The molecule has 1 fully saturated rings. The van der Waals surface area contributed by atoms with Crippen molar-refractivity contribution in [2.45, 2.75) is 25.9 Å². The number of amides is 2. The zero-order valence-corrected chi connectivity index (χ0v) is 13.3. The summed E-state index contributed by atoms with van der Waals surface area (Å²) in [4.78, 5) is 25.4. The fourth-order valence-corrected chi connectivity index (χ4v) is 2.45. The summed E-state index contributed by atoms with van der Waals surface area (Å²) in [6.45, 7) is 3.49. The molecule has 23 heavy (non-hydrogen) atoms. The van der Waals surface area contributed by atoms with Gasteiger partial charge in [-0.15, -0.1) is 0 Å². The Kier molecular flexibility index (Phi) is 5.92. The summed E-state index contributed by atoms with van der Waals surface area (Å²) in [7, 11) is 1.24. The lowest BCUT2D eigenvalue weighted by atomic mass is 10.2. The maximum Gasteiger partial charge on any atom is 0.337 e. The van der Waals surface area contributed by atoms with Gasteiger partial charge in [-0.2, -0.15) is 0 Å². The largest absolute Gasteiger partial charge is 0.465 e. The average molecular weight is 324 g/mol. The molecule has 126 valence electrons. The van der Waals surface area contributed by atoms with Crippen LogP contribution in [0.1, 0.15) is 30.1 Å². The minimum atomic E-state index is -0.612. The molecule has 1 aliphatic rings. The van der Waals surface area contributed by atoms with Gasteiger partial charge in [0.25, 0.3) is 0 Å². The Balaban J connectivity index is 2.06. The van der Waals surface area contributed by atoms with Crippen LogP contribution in [0.2, 0.25) is 0 Å². The number of urea groups is 1. The van der Waals surface area contributed by atoms with E-state index in [1.165, 1.54) is 19.2 Å². The minimum Gasteiger partial charge on any atom is -0.465 e. The number of carbonyl (C=O) groups is 2. The van der Waals surface area contributed by atoms with E-state index in [9.17, 15) is 14.0 Å². The summed E-state index contributed by atoms with van der Waals surface area (Å²) >= 11 is 0. The third-order valence-corrected chi connectivity index (χ3v) is 3.75. The summed E-state index contributed by atoms with van der Waals surface area (Å²) < 4.78 is 24.0. The Morgan fingerprint density at radius 1 is 1.48 bits per heavy atom. The summed E-state index contributed by atoms with van der Waals surface area (Å²) in [6.07, 6.45) is 1.92. The fourth-order valence-electron chi connectivity index (χ4n) is 2.45. The molecule has 0 saturated carbocycles. The Hall–Kier alpha value is -2.15.